The van der Waals surface area contributed by atoms with Gasteiger partial charge in [0.2, 0.25) is 11.8 Å². The van der Waals surface area contributed by atoms with Crippen LogP contribution >= 0.6 is 0 Å². The summed E-state index contributed by atoms with van der Waals surface area (Å²) in [4.78, 5) is 28.9. The van der Waals surface area contributed by atoms with Gasteiger partial charge in [-0.1, -0.05) is 60.2 Å². The Hall–Kier alpha value is -4.57. The van der Waals surface area contributed by atoms with Gasteiger partial charge in [-0.15, -0.1) is 0 Å². The van der Waals surface area contributed by atoms with Gasteiger partial charge < -0.3 is 10.2 Å². The first-order valence-electron chi connectivity index (χ1n) is 13.8. The normalized spacial score (nSPS) is 11.9. The number of anilines is 1. The fraction of sp³-hybridized carbons (Fsp3) is 0.212. The zero-order valence-electron chi connectivity index (χ0n) is 23.9. The summed E-state index contributed by atoms with van der Waals surface area (Å²) in [6.45, 7) is 3.13. The van der Waals surface area contributed by atoms with Crippen LogP contribution in [0.3, 0.4) is 0 Å². The summed E-state index contributed by atoms with van der Waals surface area (Å²) in [7, 11) is -4.29. The second kappa shape index (κ2) is 14.1. The molecule has 0 aliphatic carbocycles. The Morgan fingerprint density at radius 1 is 0.791 bits per heavy atom. The molecule has 1 N–H and O–H groups in total. The van der Waals surface area contributed by atoms with Gasteiger partial charge in [-0.05, 0) is 73.5 Å². The quantitative estimate of drug-likeness (QED) is 0.239. The molecular formula is C33H33F2N3O4S. The lowest BCUT2D eigenvalue weighted by atomic mass is 10.0. The molecule has 43 heavy (non-hydrogen) atoms. The molecule has 0 heterocycles. The van der Waals surface area contributed by atoms with Crippen molar-refractivity contribution in [2.75, 3.05) is 17.4 Å². The van der Waals surface area contributed by atoms with Crippen molar-refractivity contribution in [1.82, 2.24) is 10.2 Å². The largest absolute Gasteiger partial charge is 0.355 e. The number of halogens is 2. The molecule has 0 spiro atoms. The maximum absolute atomic E-state index is 14.2. The first kappa shape index (κ1) is 31.4. The van der Waals surface area contributed by atoms with Crippen LogP contribution in [0.1, 0.15) is 23.6 Å². The van der Waals surface area contributed by atoms with E-state index in [1.54, 1.807) is 19.1 Å². The predicted molar refractivity (Wildman–Crippen MR) is 162 cm³/mol. The van der Waals surface area contributed by atoms with Crippen LogP contribution in [-0.2, 0) is 32.6 Å². The van der Waals surface area contributed by atoms with Crippen molar-refractivity contribution in [2.24, 2.45) is 0 Å². The van der Waals surface area contributed by atoms with E-state index in [1.165, 1.54) is 53.4 Å². The van der Waals surface area contributed by atoms with E-state index in [9.17, 15) is 26.8 Å². The Labute approximate surface area is 250 Å². The Kier molecular flexibility index (Phi) is 10.3. The molecule has 224 valence electrons. The lowest BCUT2D eigenvalue weighted by Crippen LogP contribution is -2.53. The Morgan fingerprint density at radius 3 is 1.95 bits per heavy atom. The van der Waals surface area contributed by atoms with E-state index in [4.69, 9.17) is 0 Å². The number of carbonyl (C=O) groups excluding carboxylic acids is 2. The third kappa shape index (κ3) is 8.04. The average molecular weight is 606 g/mol. The van der Waals surface area contributed by atoms with Crippen molar-refractivity contribution in [1.29, 1.82) is 0 Å². The lowest BCUT2D eigenvalue weighted by Gasteiger charge is -2.33. The number of benzene rings is 4. The van der Waals surface area contributed by atoms with Gasteiger partial charge in [0, 0.05) is 19.5 Å². The van der Waals surface area contributed by atoms with Crippen molar-refractivity contribution in [3.63, 3.8) is 0 Å². The minimum atomic E-state index is -4.29. The lowest BCUT2D eigenvalue weighted by molar-refractivity contribution is -0.140. The number of nitrogens with zero attached hydrogens (tertiary/aromatic N) is 2. The summed E-state index contributed by atoms with van der Waals surface area (Å²) >= 11 is 0. The van der Waals surface area contributed by atoms with Gasteiger partial charge >= 0.3 is 0 Å². The third-order valence-corrected chi connectivity index (χ3v) is 8.68. The van der Waals surface area contributed by atoms with E-state index in [2.05, 4.69) is 5.32 Å². The number of amides is 2. The molecular weight excluding hydrogens is 572 g/mol. The van der Waals surface area contributed by atoms with Crippen molar-refractivity contribution in [2.45, 2.75) is 37.8 Å². The second-order valence-corrected chi connectivity index (χ2v) is 11.9. The summed E-state index contributed by atoms with van der Waals surface area (Å²) < 4.78 is 56.3. The third-order valence-electron chi connectivity index (χ3n) is 6.89. The van der Waals surface area contributed by atoms with E-state index < -0.39 is 46.1 Å². The second-order valence-electron chi connectivity index (χ2n) is 10.0. The minimum Gasteiger partial charge on any atom is -0.355 e. The predicted octanol–water partition coefficient (Wildman–Crippen LogP) is 5.24. The fourth-order valence-electron chi connectivity index (χ4n) is 4.61. The summed E-state index contributed by atoms with van der Waals surface area (Å²) in [6.07, 6.45) is 0.154. The molecule has 0 saturated heterocycles. The van der Waals surface area contributed by atoms with E-state index >= 15 is 0 Å². The monoisotopic (exact) mass is 605 g/mol. The highest BCUT2D eigenvalue weighted by Gasteiger charge is 2.34. The van der Waals surface area contributed by atoms with Gasteiger partial charge in [0.1, 0.15) is 24.2 Å². The Balaban J connectivity index is 1.78. The molecule has 4 aromatic carbocycles. The van der Waals surface area contributed by atoms with Crippen molar-refractivity contribution in [3.8, 4) is 0 Å². The number of rotatable bonds is 12. The number of carbonyl (C=O) groups is 2. The first-order chi connectivity index (χ1) is 20.6. The molecule has 0 aliphatic heterocycles. The highest BCUT2D eigenvalue weighted by molar-refractivity contribution is 7.92. The molecule has 2 amide bonds. The van der Waals surface area contributed by atoms with Crippen LogP contribution < -0.4 is 9.62 Å². The van der Waals surface area contributed by atoms with Crippen LogP contribution in [0.4, 0.5) is 14.5 Å². The van der Waals surface area contributed by atoms with E-state index in [-0.39, 0.29) is 23.5 Å². The summed E-state index contributed by atoms with van der Waals surface area (Å²) in [5, 5.41) is 2.78. The SMILES string of the molecule is CCNC(=O)C(Cc1ccccc1)N(Cc1ccc(F)cc1)C(=O)CN(c1ccc(F)cc1)S(=O)(=O)c1ccc(C)cc1. The Bertz CT molecular complexity index is 1630. The van der Waals surface area contributed by atoms with Gasteiger partial charge in [0.25, 0.3) is 10.0 Å². The van der Waals surface area contributed by atoms with Gasteiger partial charge in [0.15, 0.2) is 0 Å². The maximum Gasteiger partial charge on any atom is 0.264 e. The maximum atomic E-state index is 14.2. The van der Waals surface area contributed by atoms with E-state index in [1.807, 2.05) is 37.3 Å². The standard InChI is InChI=1S/C33H33F2N3O4S/c1-3-36-33(40)31(21-25-7-5-4-6-8-25)37(22-26-11-13-27(34)14-12-26)32(39)23-38(29-17-15-28(35)16-18-29)43(41,42)30-19-9-24(2)10-20-30/h4-20,31H,3,21-23H2,1-2H3,(H,36,40). The molecule has 0 aliphatic rings. The number of likely N-dealkylation sites (N-methyl/N-ethyl adjacent to an activating group) is 1. The molecule has 0 bridgehead atoms. The molecule has 4 rings (SSSR count). The average Bonchev–Trinajstić information content (AvgIpc) is 3.00. The van der Waals surface area contributed by atoms with Crippen LogP contribution in [0.25, 0.3) is 0 Å². The van der Waals surface area contributed by atoms with Gasteiger partial charge in [0.05, 0.1) is 10.6 Å². The number of nitrogens with one attached hydrogen (secondary N) is 1. The van der Waals surface area contributed by atoms with E-state index in [0.29, 0.717) is 12.1 Å². The molecule has 4 aromatic rings. The number of hydrogen-bond acceptors (Lipinski definition) is 4. The van der Waals surface area contributed by atoms with E-state index in [0.717, 1.165) is 27.6 Å². The van der Waals surface area contributed by atoms with Gasteiger partial charge in [-0.25, -0.2) is 17.2 Å². The molecule has 0 radical (unpaired) electrons. The molecule has 7 nitrogen and oxygen atoms in total. The van der Waals surface area contributed by atoms with Crippen LogP contribution in [0.15, 0.2) is 108 Å². The number of hydrogen-bond donors (Lipinski definition) is 1. The number of aryl methyl sites for hydroxylation is 1. The fourth-order valence-corrected chi connectivity index (χ4v) is 6.02. The number of sulfonamides is 1. The molecule has 1 atom stereocenters. The molecule has 10 heteroatoms. The smallest absolute Gasteiger partial charge is 0.264 e. The van der Waals surface area contributed by atoms with Crippen molar-refractivity contribution in [3.05, 3.63) is 131 Å². The van der Waals surface area contributed by atoms with Crippen molar-refractivity contribution < 1.29 is 26.8 Å². The zero-order valence-corrected chi connectivity index (χ0v) is 24.7. The molecule has 1 unspecified atom stereocenters. The highest BCUT2D eigenvalue weighted by atomic mass is 32.2. The molecule has 0 aromatic heterocycles. The molecule has 0 fully saturated rings. The first-order valence-corrected chi connectivity index (χ1v) is 15.2. The zero-order chi connectivity index (χ0) is 31.0. The topological polar surface area (TPSA) is 86.8 Å². The van der Waals surface area contributed by atoms with Crippen LogP contribution in [0, 0.1) is 18.6 Å². The Morgan fingerprint density at radius 2 is 1.37 bits per heavy atom. The van der Waals surface area contributed by atoms with Crippen LogP contribution in [0.5, 0.6) is 0 Å². The molecule has 0 saturated carbocycles. The summed E-state index contributed by atoms with van der Waals surface area (Å²) in [5.74, 6) is -2.12. The van der Waals surface area contributed by atoms with Crippen molar-refractivity contribution >= 4 is 27.5 Å². The van der Waals surface area contributed by atoms with Gasteiger partial charge in [-0.3, -0.25) is 13.9 Å². The summed E-state index contributed by atoms with van der Waals surface area (Å²) in [6, 6.07) is 24.6. The highest BCUT2D eigenvalue weighted by Crippen LogP contribution is 2.26. The van der Waals surface area contributed by atoms with Crippen LogP contribution in [0.2, 0.25) is 0 Å². The van der Waals surface area contributed by atoms with Gasteiger partial charge in [-0.2, -0.15) is 0 Å². The summed E-state index contributed by atoms with van der Waals surface area (Å²) in [5.41, 5.74) is 2.26. The van der Waals surface area contributed by atoms with Crippen LogP contribution in [-0.4, -0.2) is 44.3 Å². The minimum absolute atomic E-state index is 0.0510.